The number of para-hydroxylation sites is 1. The van der Waals surface area contributed by atoms with Crippen LogP contribution in [0.5, 0.6) is 23.0 Å². The van der Waals surface area contributed by atoms with Gasteiger partial charge in [0.1, 0.15) is 11.4 Å². The summed E-state index contributed by atoms with van der Waals surface area (Å²) in [5.41, 5.74) is 1.52. The Labute approximate surface area is 237 Å². The van der Waals surface area contributed by atoms with E-state index in [2.05, 4.69) is 15.0 Å². The summed E-state index contributed by atoms with van der Waals surface area (Å²) in [6.07, 6.45) is -3.24. The van der Waals surface area contributed by atoms with Gasteiger partial charge in [0.2, 0.25) is 11.7 Å². The second-order valence-electron chi connectivity index (χ2n) is 8.27. The van der Waals surface area contributed by atoms with E-state index in [1.54, 1.807) is 48.5 Å². The Morgan fingerprint density at radius 1 is 0.976 bits per heavy atom. The summed E-state index contributed by atoms with van der Waals surface area (Å²) >= 11 is 1.02. The van der Waals surface area contributed by atoms with Crippen LogP contribution in [0, 0.1) is 0 Å². The SMILES string of the molecule is COc1cc(/C=C2/N=C(SCC(=O)Nc3ccc(OC(F)(F)F)cc3)N(c3ccccc3)C2=O)cc(OC)c1OC. The molecule has 3 aromatic rings. The molecule has 0 saturated heterocycles. The van der Waals surface area contributed by atoms with E-state index in [0.29, 0.717) is 28.5 Å². The summed E-state index contributed by atoms with van der Waals surface area (Å²) in [6.45, 7) is 0. The number of rotatable bonds is 9. The second kappa shape index (κ2) is 12.7. The van der Waals surface area contributed by atoms with E-state index in [1.165, 1.54) is 38.4 Å². The molecule has 0 radical (unpaired) electrons. The minimum Gasteiger partial charge on any atom is -0.493 e. The Kier molecular flexibility index (Phi) is 9.07. The van der Waals surface area contributed by atoms with Gasteiger partial charge in [0, 0.05) is 5.69 Å². The number of benzene rings is 3. The van der Waals surface area contributed by atoms with Gasteiger partial charge in [0.25, 0.3) is 5.91 Å². The predicted octanol–water partition coefficient (Wildman–Crippen LogP) is 5.73. The van der Waals surface area contributed by atoms with E-state index < -0.39 is 23.9 Å². The summed E-state index contributed by atoms with van der Waals surface area (Å²) in [7, 11) is 4.45. The molecule has 4 rings (SSSR count). The van der Waals surface area contributed by atoms with Gasteiger partial charge in [0.05, 0.1) is 32.8 Å². The van der Waals surface area contributed by atoms with Crippen molar-refractivity contribution in [1.29, 1.82) is 0 Å². The quantitative estimate of drug-likeness (QED) is 0.320. The van der Waals surface area contributed by atoms with Gasteiger partial charge < -0.3 is 24.3 Å². The maximum absolute atomic E-state index is 13.5. The molecule has 1 N–H and O–H groups in total. The molecule has 214 valence electrons. The predicted molar refractivity (Wildman–Crippen MR) is 150 cm³/mol. The molecule has 2 amide bonds. The lowest BCUT2D eigenvalue weighted by atomic mass is 10.1. The van der Waals surface area contributed by atoms with Gasteiger partial charge in [-0.05, 0) is 60.2 Å². The zero-order valence-electron chi connectivity index (χ0n) is 22.0. The van der Waals surface area contributed by atoms with Gasteiger partial charge in [-0.1, -0.05) is 30.0 Å². The standard InChI is InChI=1S/C28H24F3N3O6S/c1-37-22-14-17(15-23(38-2)25(22)39-3)13-21-26(36)34(19-7-5-4-6-8-19)27(33-21)41-16-24(35)32-18-9-11-20(12-10-18)40-28(29,30)31/h4-15H,16H2,1-3H3,(H,32,35)/b21-13+. The highest BCUT2D eigenvalue weighted by molar-refractivity contribution is 8.14. The topological polar surface area (TPSA) is 98.7 Å². The first-order chi connectivity index (χ1) is 19.6. The number of carbonyl (C=O) groups excluding carboxylic acids is 2. The molecule has 13 heteroatoms. The van der Waals surface area contributed by atoms with Crippen LogP contribution in [0.4, 0.5) is 24.5 Å². The average Bonchev–Trinajstić information content (AvgIpc) is 3.26. The third-order valence-corrected chi connectivity index (χ3v) is 6.48. The van der Waals surface area contributed by atoms with Gasteiger partial charge in [-0.15, -0.1) is 13.2 Å². The highest BCUT2D eigenvalue weighted by Crippen LogP contribution is 2.39. The number of anilines is 2. The van der Waals surface area contributed by atoms with Crippen LogP contribution in [0.3, 0.4) is 0 Å². The maximum atomic E-state index is 13.5. The van der Waals surface area contributed by atoms with Crippen molar-refractivity contribution in [3.05, 3.63) is 78.0 Å². The van der Waals surface area contributed by atoms with E-state index in [0.717, 1.165) is 23.9 Å². The van der Waals surface area contributed by atoms with Crippen LogP contribution in [-0.2, 0) is 9.59 Å². The number of nitrogens with zero attached hydrogens (tertiary/aromatic N) is 2. The van der Waals surface area contributed by atoms with E-state index in [1.807, 2.05) is 0 Å². The fraction of sp³-hybridized carbons (Fsp3) is 0.179. The number of thioether (sulfide) groups is 1. The number of carbonyl (C=O) groups is 2. The molecule has 0 bridgehead atoms. The number of nitrogens with one attached hydrogen (secondary N) is 1. The molecule has 0 saturated carbocycles. The number of aliphatic imine (C=N–C) groups is 1. The lowest BCUT2D eigenvalue weighted by Gasteiger charge is -2.17. The number of methoxy groups -OCH3 is 3. The van der Waals surface area contributed by atoms with Crippen molar-refractivity contribution < 1.29 is 41.7 Å². The molecule has 1 aliphatic rings. The van der Waals surface area contributed by atoms with E-state index in [9.17, 15) is 22.8 Å². The first kappa shape index (κ1) is 29.3. The van der Waals surface area contributed by atoms with E-state index >= 15 is 0 Å². The molecule has 9 nitrogen and oxygen atoms in total. The Balaban J connectivity index is 1.55. The highest BCUT2D eigenvalue weighted by Gasteiger charge is 2.33. The van der Waals surface area contributed by atoms with Gasteiger partial charge in [-0.25, -0.2) is 4.99 Å². The molecule has 0 aliphatic carbocycles. The zero-order chi connectivity index (χ0) is 29.6. The first-order valence-electron chi connectivity index (χ1n) is 11.9. The smallest absolute Gasteiger partial charge is 0.493 e. The molecule has 0 aromatic heterocycles. The molecule has 1 aliphatic heterocycles. The third-order valence-electron chi connectivity index (χ3n) is 5.54. The van der Waals surface area contributed by atoms with Crippen molar-refractivity contribution in [3.8, 4) is 23.0 Å². The van der Waals surface area contributed by atoms with Crippen LogP contribution in [0.15, 0.2) is 77.4 Å². The first-order valence-corrected chi connectivity index (χ1v) is 12.9. The van der Waals surface area contributed by atoms with Crippen LogP contribution >= 0.6 is 11.8 Å². The molecule has 0 atom stereocenters. The number of hydrogen-bond acceptors (Lipinski definition) is 8. The van der Waals surface area contributed by atoms with Gasteiger partial charge >= 0.3 is 6.36 Å². The van der Waals surface area contributed by atoms with Crippen molar-refractivity contribution >= 4 is 46.2 Å². The minimum absolute atomic E-state index is 0.117. The molecule has 41 heavy (non-hydrogen) atoms. The molecular weight excluding hydrogens is 563 g/mol. The van der Waals surface area contributed by atoms with Crippen molar-refractivity contribution in [1.82, 2.24) is 0 Å². The molecule has 1 heterocycles. The largest absolute Gasteiger partial charge is 0.573 e. The van der Waals surface area contributed by atoms with Crippen molar-refractivity contribution in [2.75, 3.05) is 37.3 Å². The highest BCUT2D eigenvalue weighted by atomic mass is 32.2. The number of hydrogen-bond donors (Lipinski definition) is 1. The summed E-state index contributed by atoms with van der Waals surface area (Å²) < 4.78 is 57.1. The molecule has 0 spiro atoms. The molecular formula is C28H24F3N3O6S. The normalized spacial score (nSPS) is 14.1. The minimum atomic E-state index is -4.82. The van der Waals surface area contributed by atoms with E-state index in [4.69, 9.17) is 14.2 Å². The van der Waals surface area contributed by atoms with Crippen molar-refractivity contribution in [2.24, 2.45) is 4.99 Å². The van der Waals surface area contributed by atoms with Crippen molar-refractivity contribution in [2.45, 2.75) is 6.36 Å². The number of amidine groups is 1. The summed E-state index contributed by atoms with van der Waals surface area (Å²) in [5.74, 6) is -0.205. The van der Waals surface area contributed by atoms with Crippen molar-refractivity contribution in [3.63, 3.8) is 0 Å². The van der Waals surface area contributed by atoms with Crippen LogP contribution in [0.1, 0.15) is 5.56 Å². The summed E-state index contributed by atoms with van der Waals surface area (Å²) in [5, 5.41) is 2.87. The second-order valence-corrected chi connectivity index (χ2v) is 9.21. The lowest BCUT2D eigenvalue weighted by Crippen LogP contribution is -2.31. The summed E-state index contributed by atoms with van der Waals surface area (Å²) in [4.78, 5) is 32.0. The Morgan fingerprint density at radius 3 is 2.17 bits per heavy atom. The van der Waals surface area contributed by atoms with Gasteiger partial charge in [0.15, 0.2) is 16.7 Å². The average molecular weight is 588 g/mol. The number of alkyl halides is 3. The zero-order valence-corrected chi connectivity index (χ0v) is 22.8. The number of ether oxygens (including phenoxy) is 4. The van der Waals surface area contributed by atoms with E-state index in [-0.39, 0.29) is 22.3 Å². The fourth-order valence-corrected chi connectivity index (χ4v) is 4.62. The van der Waals surface area contributed by atoms with Crippen LogP contribution in [0.25, 0.3) is 6.08 Å². The van der Waals surface area contributed by atoms with Crippen LogP contribution in [0.2, 0.25) is 0 Å². The van der Waals surface area contributed by atoms with Gasteiger partial charge in [-0.2, -0.15) is 0 Å². The number of amides is 2. The van der Waals surface area contributed by atoms with Gasteiger partial charge in [-0.3, -0.25) is 14.5 Å². The number of halogens is 3. The third kappa shape index (κ3) is 7.31. The summed E-state index contributed by atoms with van der Waals surface area (Å²) in [6, 6.07) is 16.9. The molecule has 0 unspecified atom stereocenters. The molecule has 3 aromatic carbocycles. The fourth-order valence-electron chi connectivity index (χ4n) is 3.81. The maximum Gasteiger partial charge on any atom is 0.573 e. The monoisotopic (exact) mass is 587 g/mol. The molecule has 0 fully saturated rings. The Hall–Kier alpha value is -4.65. The van der Waals surface area contributed by atoms with Crippen LogP contribution in [-0.4, -0.2) is 50.4 Å². The Bertz CT molecular complexity index is 1450. The van der Waals surface area contributed by atoms with Crippen LogP contribution < -0.4 is 29.2 Å². The lowest BCUT2D eigenvalue weighted by molar-refractivity contribution is -0.274. The Morgan fingerprint density at radius 2 is 1.61 bits per heavy atom.